The fourth-order valence-electron chi connectivity index (χ4n) is 4.03. The Hall–Kier alpha value is -0.160. The van der Waals surface area contributed by atoms with Gasteiger partial charge >= 0.3 is 0 Å². The maximum Gasteiger partial charge on any atom is 0.0610 e. The molecule has 2 aliphatic heterocycles. The molecule has 4 heteroatoms. The van der Waals surface area contributed by atoms with E-state index >= 15 is 0 Å². The SMILES string of the molecule is CC(CO)(CCCCN1CCN2CCCC2C1)NC1CC1. The van der Waals surface area contributed by atoms with Gasteiger partial charge in [-0.05, 0) is 58.5 Å². The number of fused-ring (bicyclic) bond motifs is 1. The lowest BCUT2D eigenvalue weighted by atomic mass is 9.95. The van der Waals surface area contributed by atoms with Crippen LogP contribution in [-0.2, 0) is 0 Å². The molecule has 0 radical (unpaired) electrons. The van der Waals surface area contributed by atoms with Crippen molar-refractivity contribution in [1.82, 2.24) is 15.1 Å². The summed E-state index contributed by atoms with van der Waals surface area (Å²) < 4.78 is 0. The number of aliphatic hydroxyl groups excluding tert-OH is 1. The summed E-state index contributed by atoms with van der Waals surface area (Å²) in [6.45, 7) is 8.86. The molecular formula is C17H33N3O. The summed E-state index contributed by atoms with van der Waals surface area (Å²) in [7, 11) is 0. The molecular weight excluding hydrogens is 262 g/mol. The van der Waals surface area contributed by atoms with E-state index in [1.807, 2.05) is 0 Å². The predicted molar refractivity (Wildman–Crippen MR) is 86.5 cm³/mol. The zero-order valence-corrected chi connectivity index (χ0v) is 13.7. The molecule has 0 aromatic carbocycles. The minimum atomic E-state index is -0.0503. The first-order chi connectivity index (χ1) is 10.2. The number of aliphatic hydroxyl groups is 1. The summed E-state index contributed by atoms with van der Waals surface area (Å²) in [6, 6.07) is 1.52. The highest BCUT2D eigenvalue weighted by molar-refractivity contribution is 4.92. The predicted octanol–water partition coefficient (Wildman–Crippen LogP) is 1.44. The van der Waals surface area contributed by atoms with Crippen molar-refractivity contribution < 1.29 is 5.11 Å². The standard InChI is InChI=1S/C17H33N3O/c1-17(14-21,18-15-6-7-15)8-2-3-9-19-11-12-20-10-4-5-16(20)13-19/h15-16,18,21H,2-14H2,1H3. The van der Waals surface area contributed by atoms with Crippen molar-refractivity contribution in [2.75, 3.05) is 39.3 Å². The molecule has 2 N–H and O–H groups in total. The van der Waals surface area contributed by atoms with Crippen LogP contribution in [-0.4, -0.2) is 71.9 Å². The molecule has 2 atom stereocenters. The fourth-order valence-corrected chi connectivity index (χ4v) is 4.03. The molecule has 0 aromatic heterocycles. The van der Waals surface area contributed by atoms with E-state index in [1.54, 1.807) is 0 Å². The fraction of sp³-hybridized carbons (Fsp3) is 1.00. The van der Waals surface area contributed by atoms with Crippen LogP contribution in [0.1, 0.15) is 51.9 Å². The van der Waals surface area contributed by atoms with Crippen molar-refractivity contribution in [1.29, 1.82) is 0 Å². The van der Waals surface area contributed by atoms with Gasteiger partial charge in [-0.15, -0.1) is 0 Å². The van der Waals surface area contributed by atoms with Crippen molar-refractivity contribution in [3.8, 4) is 0 Å². The summed E-state index contributed by atoms with van der Waals surface area (Å²) >= 11 is 0. The third kappa shape index (κ3) is 4.41. The molecule has 3 aliphatic rings. The van der Waals surface area contributed by atoms with E-state index in [2.05, 4.69) is 22.0 Å². The molecule has 122 valence electrons. The number of nitrogens with one attached hydrogen (secondary N) is 1. The monoisotopic (exact) mass is 295 g/mol. The Morgan fingerprint density at radius 3 is 2.76 bits per heavy atom. The molecule has 3 fully saturated rings. The number of piperazine rings is 1. The molecule has 2 saturated heterocycles. The minimum Gasteiger partial charge on any atom is -0.394 e. The first-order valence-corrected chi connectivity index (χ1v) is 9.03. The quantitative estimate of drug-likeness (QED) is 0.665. The van der Waals surface area contributed by atoms with Gasteiger partial charge < -0.3 is 15.3 Å². The van der Waals surface area contributed by atoms with Gasteiger partial charge in [-0.25, -0.2) is 0 Å². The number of unbranched alkanes of at least 4 members (excludes halogenated alkanes) is 1. The summed E-state index contributed by atoms with van der Waals surface area (Å²) in [6.07, 6.45) is 8.99. The average molecular weight is 295 g/mol. The molecule has 1 aliphatic carbocycles. The van der Waals surface area contributed by atoms with Crippen LogP contribution in [0.5, 0.6) is 0 Å². The second kappa shape index (κ2) is 6.95. The van der Waals surface area contributed by atoms with E-state index in [4.69, 9.17) is 0 Å². The molecule has 0 bridgehead atoms. The highest BCUT2D eigenvalue weighted by Crippen LogP contribution is 2.25. The van der Waals surface area contributed by atoms with E-state index in [0.29, 0.717) is 6.04 Å². The van der Waals surface area contributed by atoms with Gasteiger partial charge in [0.1, 0.15) is 0 Å². The molecule has 3 rings (SSSR count). The van der Waals surface area contributed by atoms with Gasteiger partial charge in [-0.2, -0.15) is 0 Å². The van der Waals surface area contributed by atoms with Crippen LogP contribution in [0.15, 0.2) is 0 Å². The van der Waals surface area contributed by atoms with Gasteiger partial charge in [-0.1, -0.05) is 6.42 Å². The van der Waals surface area contributed by atoms with E-state index < -0.39 is 0 Å². The highest BCUT2D eigenvalue weighted by Gasteiger charge is 2.32. The van der Waals surface area contributed by atoms with Gasteiger partial charge in [0, 0.05) is 37.3 Å². The van der Waals surface area contributed by atoms with Crippen LogP contribution < -0.4 is 5.32 Å². The van der Waals surface area contributed by atoms with Crippen molar-refractivity contribution in [2.24, 2.45) is 0 Å². The molecule has 2 unspecified atom stereocenters. The van der Waals surface area contributed by atoms with Crippen molar-refractivity contribution in [2.45, 2.75) is 69.5 Å². The zero-order valence-electron chi connectivity index (χ0n) is 13.7. The Kier molecular flexibility index (Phi) is 5.20. The second-order valence-corrected chi connectivity index (χ2v) is 7.73. The Morgan fingerprint density at radius 1 is 1.14 bits per heavy atom. The molecule has 0 aromatic rings. The van der Waals surface area contributed by atoms with Gasteiger partial charge in [0.2, 0.25) is 0 Å². The largest absolute Gasteiger partial charge is 0.394 e. The summed E-state index contributed by atoms with van der Waals surface area (Å²) in [5, 5.41) is 13.2. The molecule has 2 heterocycles. The minimum absolute atomic E-state index is 0.0503. The van der Waals surface area contributed by atoms with Crippen LogP contribution >= 0.6 is 0 Å². The molecule has 1 saturated carbocycles. The van der Waals surface area contributed by atoms with E-state index in [1.165, 1.54) is 71.2 Å². The third-order valence-corrected chi connectivity index (χ3v) is 5.60. The van der Waals surface area contributed by atoms with E-state index in [9.17, 15) is 5.11 Å². The summed E-state index contributed by atoms with van der Waals surface area (Å²) in [4.78, 5) is 5.34. The highest BCUT2D eigenvalue weighted by atomic mass is 16.3. The maximum atomic E-state index is 9.63. The molecule has 0 amide bonds. The van der Waals surface area contributed by atoms with Gasteiger partial charge in [0.05, 0.1) is 6.61 Å². The van der Waals surface area contributed by atoms with Gasteiger partial charge in [-0.3, -0.25) is 4.90 Å². The normalized spacial score (nSPS) is 30.3. The Labute approximate surface area is 129 Å². The zero-order chi connectivity index (χ0) is 14.7. The van der Waals surface area contributed by atoms with E-state index in [-0.39, 0.29) is 12.1 Å². The topological polar surface area (TPSA) is 38.7 Å². The van der Waals surface area contributed by atoms with Crippen LogP contribution in [0.25, 0.3) is 0 Å². The maximum absolute atomic E-state index is 9.63. The van der Waals surface area contributed by atoms with Gasteiger partial charge in [0.25, 0.3) is 0 Å². The summed E-state index contributed by atoms with van der Waals surface area (Å²) in [5.74, 6) is 0. The smallest absolute Gasteiger partial charge is 0.0610 e. The second-order valence-electron chi connectivity index (χ2n) is 7.73. The van der Waals surface area contributed by atoms with E-state index in [0.717, 1.165) is 12.5 Å². The lowest BCUT2D eigenvalue weighted by Crippen LogP contribution is -2.50. The van der Waals surface area contributed by atoms with Crippen LogP contribution in [0.2, 0.25) is 0 Å². The lowest BCUT2D eigenvalue weighted by Gasteiger charge is -2.37. The van der Waals surface area contributed by atoms with Crippen molar-refractivity contribution in [3.05, 3.63) is 0 Å². The molecule has 21 heavy (non-hydrogen) atoms. The van der Waals surface area contributed by atoms with Gasteiger partial charge in [0.15, 0.2) is 0 Å². The molecule has 4 nitrogen and oxygen atoms in total. The van der Waals surface area contributed by atoms with Crippen molar-refractivity contribution in [3.63, 3.8) is 0 Å². The Bertz CT molecular complexity index is 334. The number of hydrogen-bond donors (Lipinski definition) is 2. The third-order valence-electron chi connectivity index (χ3n) is 5.60. The number of hydrogen-bond acceptors (Lipinski definition) is 4. The van der Waals surface area contributed by atoms with Crippen molar-refractivity contribution >= 4 is 0 Å². The number of nitrogens with zero attached hydrogens (tertiary/aromatic N) is 2. The average Bonchev–Trinajstić information content (AvgIpc) is 3.17. The van der Waals surface area contributed by atoms with Crippen LogP contribution in [0, 0.1) is 0 Å². The van der Waals surface area contributed by atoms with Crippen LogP contribution in [0.4, 0.5) is 0 Å². The Balaban J connectivity index is 1.32. The number of rotatable bonds is 8. The summed E-state index contributed by atoms with van der Waals surface area (Å²) in [5.41, 5.74) is -0.0503. The lowest BCUT2D eigenvalue weighted by molar-refractivity contribution is 0.101. The first kappa shape index (κ1) is 15.7. The van der Waals surface area contributed by atoms with Crippen LogP contribution in [0.3, 0.4) is 0 Å². The Morgan fingerprint density at radius 2 is 2.00 bits per heavy atom. The first-order valence-electron chi connectivity index (χ1n) is 9.03. The molecule has 0 spiro atoms.